The molecule has 2 amide bonds. The van der Waals surface area contributed by atoms with Gasteiger partial charge in [-0.15, -0.1) is 11.3 Å². The van der Waals surface area contributed by atoms with E-state index in [1.54, 1.807) is 9.13 Å². The van der Waals surface area contributed by atoms with Crippen molar-refractivity contribution in [1.82, 2.24) is 19.4 Å². The van der Waals surface area contributed by atoms with Gasteiger partial charge >= 0.3 is 5.69 Å². The van der Waals surface area contributed by atoms with Crippen molar-refractivity contribution in [1.29, 1.82) is 0 Å². The molecule has 2 heterocycles. The van der Waals surface area contributed by atoms with E-state index in [0.29, 0.717) is 24.8 Å². The van der Waals surface area contributed by atoms with Gasteiger partial charge < -0.3 is 10.6 Å². The standard InChI is InChI=1S/C25H27N5O3S/c1-3-13-29-21-6-4-5-7-22(21)30(25(29)33)14-12-23(32)28-24-27-20(16-34-24)19-10-8-18(9-11-19)15-26-17(2)31/h4-11,16H,3,12-15H2,1-2H3,(H,26,31)(H,27,28,32). The summed E-state index contributed by atoms with van der Waals surface area (Å²) in [5.74, 6) is -0.258. The molecule has 0 aliphatic rings. The molecule has 0 saturated heterocycles. The highest BCUT2D eigenvalue weighted by atomic mass is 32.1. The van der Waals surface area contributed by atoms with Gasteiger partial charge in [0.15, 0.2) is 5.13 Å². The van der Waals surface area contributed by atoms with Gasteiger partial charge in [-0.1, -0.05) is 43.3 Å². The topological polar surface area (TPSA) is 98.0 Å². The molecule has 0 spiro atoms. The van der Waals surface area contributed by atoms with Gasteiger partial charge in [-0.3, -0.25) is 18.7 Å². The van der Waals surface area contributed by atoms with Gasteiger partial charge in [-0.25, -0.2) is 9.78 Å². The number of aryl methyl sites for hydroxylation is 2. The molecule has 0 bridgehead atoms. The van der Waals surface area contributed by atoms with Crippen LogP contribution in [0.15, 0.2) is 58.7 Å². The zero-order valence-corrected chi connectivity index (χ0v) is 20.0. The van der Waals surface area contributed by atoms with Crippen LogP contribution in [0.2, 0.25) is 0 Å². The van der Waals surface area contributed by atoms with E-state index in [1.807, 2.05) is 60.8 Å². The molecule has 0 aliphatic heterocycles. The normalized spacial score (nSPS) is 11.0. The molecule has 0 radical (unpaired) electrons. The summed E-state index contributed by atoms with van der Waals surface area (Å²) >= 11 is 1.36. The van der Waals surface area contributed by atoms with Gasteiger partial charge in [0, 0.05) is 43.9 Å². The second kappa shape index (κ2) is 10.5. The molecule has 0 aliphatic carbocycles. The number of nitrogens with one attached hydrogen (secondary N) is 2. The van der Waals surface area contributed by atoms with E-state index >= 15 is 0 Å². The molecule has 4 rings (SSSR count). The average molecular weight is 478 g/mol. The summed E-state index contributed by atoms with van der Waals surface area (Å²) in [4.78, 5) is 41.0. The van der Waals surface area contributed by atoms with Crippen LogP contribution >= 0.6 is 11.3 Å². The monoisotopic (exact) mass is 477 g/mol. The predicted octanol–water partition coefficient (Wildman–Crippen LogP) is 4.00. The Hall–Kier alpha value is -3.72. The molecule has 2 aromatic carbocycles. The first kappa shape index (κ1) is 23.4. The van der Waals surface area contributed by atoms with Gasteiger partial charge in [-0.05, 0) is 24.1 Å². The van der Waals surface area contributed by atoms with Crippen molar-refractivity contribution in [3.8, 4) is 11.3 Å². The highest BCUT2D eigenvalue weighted by Crippen LogP contribution is 2.25. The minimum atomic E-state index is -0.189. The van der Waals surface area contributed by atoms with Crippen molar-refractivity contribution in [2.45, 2.75) is 46.3 Å². The van der Waals surface area contributed by atoms with Crippen LogP contribution in [0.3, 0.4) is 0 Å². The van der Waals surface area contributed by atoms with Crippen LogP contribution in [0, 0.1) is 0 Å². The minimum Gasteiger partial charge on any atom is -0.352 e. The number of nitrogens with zero attached hydrogens (tertiary/aromatic N) is 3. The Morgan fingerprint density at radius 1 is 1.00 bits per heavy atom. The van der Waals surface area contributed by atoms with Gasteiger partial charge in [-0.2, -0.15) is 0 Å². The van der Waals surface area contributed by atoms with Crippen LogP contribution in [0.5, 0.6) is 0 Å². The number of fused-ring (bicyclic) bond motifs is 1. The predicted molar refractivity (Wildman–Crippen MR) is 135 cm³/mol. The Labute approximate surface area is 201 Å². The second-order valence-corrected chi connectivity index (χ2v) is 8.88. The van der Waals surface area contributed by atoms with Crippen LogP contribution in [0.4, 0.5) is 5.13 Å². The summed E-state index contributed by atoms with van der Waals surface area (Å²) in [6.45, 7) is 4.95. The van der Waals surface area contributed by atoms with Crippen LogP contribution in [-0.2, 0) is 29.2 Å². The number of hydrogen-bond acceptors (Lipinski definition) is 5. The number of imidazole rings is 1. The van der Waals surface area contributed by atoms with Crippen LogP contribution in [0.1, 0.15) is 32.3 Å². The van der Waals surface area contributed by atoms with Crippen molar-refractivity contribution in [2.75, 3.05) is 5.32 Å². The van der Waals surface area contributed by atoms with Crippen LogP contribution < -0.4 is 16.3 Å². The lowest BCUT2D eigenvalue weighted by atomic mass is 10.1. The number of thiazole rings is 1. The Kier molecular flexibility index (Phi) is 7.22. The van der Waals surface area contributed by atoms with Crippen molar-refractivity contribution in [3.05, 3.63) is 70.0 Å². The number of anilines is 1. The third-order valence-corrected chi connectivity index (χ3v) is 6.23. The van der Waals surface area contributed by atoms with E-state index in [4.69, 9.17) is 0 Å². The molecule has 4 aromatic rings. The Morgan fingerprint density at radius 3 is 2.32 bits per heavy atom. The van der Waals surface area contributed by atoms with E-state index in [2.05, 4.69) is 15.6 Å². The molecular formula is C25H27N5O3S. The molecule has 2 aromatic heterocycles. The maximum Gasteiger partial charge on any atom is 0.329 e. The molecule has 34 heavy (non-hydrogen) atoms. The molecule has 9 heteroatoms. The molecule has 0 unspecified atom stereocenters. The van der Waals surface area contributed by atoms with E-state index in [0.717, 1.165) is 34.3 Å². The fourth-order valence-electron chi connectivity index (χ4n) is 3.81. The summed E-state index contributed by atoms with van der Waals surface area (Å²) in [5, 5.41) is 8.02. The third-order valence-electron chi connectivity index (χ3n) is 5.48. The molecule has 0 fully saturated rings. The first-order valence-electron chi connectivity index (χ1n) is 11.2. The third kappa shape index (κ3) is 5.26. The van der Waals surface area contributed by atoms with Crippen molar-refractivity contribution in [2.24, 2.45) is 0 Å². The summed E-state index contributed by atoms with van der Waals surface area (Å²) in [6, 6.07) is 15.4. The first-order chi connectivity index (χ1) is 16.5. The fourth-order valence-corrected chi connectivity index (χ4v) is 4.54. The van der Waals surface area contributed by atoms with E-state index < -0.39 is 0 Å². The van der Waals surface area contributed by atoms with Crippen molar-refractivity contribution >= 4 is 39.3 Å². The summed E-state index contributed by atoms with van der Waals surface area (Å²) in [5.41, 5.74) is 4.34. The number of aromatic nitrogens is 3. The van der Waals surface area contributed by atoms with Gasteiger partial charge in [0.05, 0.1) is 16.7 Å². The second-order valence-electron chi connectivity index (χ2n) is 8.02. The first-order valence-corrected chi connectivity index (χ1v) is 12.1. The zero-order chi connectivity index (χ0) is 24.1. The molecule has 8 nitrogen and oxygen atoms in total. The Morgan fingerprint density at radius 2 is 1.68 bits per heavy atom. The lowest BCUT2D eigenvalue weighted by Gasteiger charge is -2.04. The highest BCUT2D eigenvalue weighted by molar-refractivity contribution is 7.14. The lowest BCUT2D eigenvalue weighted by Crippen LogP contribution is -2.26. The lowest BCUT2D eigenvalue weighted by molar-refractivity contribution is -0.119. The molecule has 176 valence electrons. The maximum atomic E-state index is 12.9. The molecule has 0 saturated carbocycles. The van der Waals surface area contributed by atoms with Gasteiger partial charge in [0.2, 0.25) is 11.8 Å². The molecule has 0 atom stereocenters. The van der Waals surface area contributed by atoms with E-state index in [1.165, 1.54) is 18.3 Å². The number of rotatable bonds is 9. The Bertz CT molecular complexity index is 1370. The van der Waals surface area contributed by atoms with Crippen molar-refractivity contribution in [3.63, 3.8) is 0 Å². The summed E-state index contributed by atoms with van der Waals surface area (Å²) in [7, 11) is 0. The number of hydrogen-bond donors (Lipinski definition) is 2. The average Bonchev–Trinajstić information content (AvgIpc) is 3.40. The number of para-hydroxylation sites is 2. The largest absolute Gasteiger partial charge is 0.352 e. The van der Waals surface area contributed by atoms with Crippen molar-refractivity contribution < 1.29 is 9.59 Å². The van der Waals surface area contributed by atoms with Crippen LogP contribution in [-0.4, -0.2) is 25.9 Å². The number of amides is 2. The summed E-state index contributed by atoms with van der Waals surface area (Å²) < 4.78 is 3.43. The molecule has 2 N–H and O–H groups in total. The number of carbonyl (C=O) groups excluding carboxylic acids is 2. The Balaban J connectivity index is 1.39. The van der Waals surface area contributed by atoms with Crippen LogP contribution in [0.25, 0.3) is 22.3 Å². The summed E-state index contributed by atoms with van der Waals surface area (Å²) in [6.07, 6.45) is 1.03. The van der Waals surface area contributed by atoms with E-state index in [-0.39, 0.29) is 23.9 Å². The molecular weight excluding hydrogens is 450 g/mol. The number of benzene rings is 2. The SMILES string of the molecule is CCCn1c(=O)n(CCC(=O)Nc2nc(-c3ccc(CNC(C)=O)cc3)cs2)c2ccccc21. The quantitative estimate of drug-likeness (QED) is 0.381. The fraction of sp³-hybridized carbons (Fsp3) is 0.280. The maximum absolute atomic E-state index is 12.9. The van der Waals surface area contributed by atoms with Gasteiger partial charge in [0.1, 0.15) is 0 Å². The zero-order valence-electron chi connectivity index (χ0n) is 19.2. The minimum absolute atomic E-state index is 0.0689. The number of carbonyl (C=O) groups is 2. The highest BCUT2D eigenvalue weighted by Gasteiger charge is 2.14. The van der Waals surface area contributed by atoms with Gasteiger partial charge in [0.25, 0.3) is 0 Å². The van der Waals surface area contributed by atoms with E-state index in [9.17, 15) is 14.4 Å². The smallest absolute Gasteiger partial charge is 0.329 e.